The van der Waals surface area contributed by atoms with Crippen LogP contribution in [0.5, 0.6) is 0 Å². The van der Waals surface area contributed by atoms with Crippen molar-refractivity contribution in [3.63, 3.8) is 0 Å². The van der Waals surface area contributed by atoms with Gasteiger partial charge in [-0.3, -0.25) is 9.52 Å². The lowest BCUT2D eigenvalue weighted by Crippen LogP contribution is -2.13. The second-order valence-corrected chi connectivity index (χ2v) is 9.55. The minimum absolute atomic E-state index is 0.0154. The van der Waals surface area contributed by atoms with Crippen LogP contribution in [-0.4, -0.2) is 14.3 Å². The van der Waals surface area contributed by atoms with Gasteiger partial charge in [0, 0.05) is 27.0 Å². The SMILES string of the molecule is O=C1Nc2ccc(S(=O)(=O)Nc3ccc(C(F)(F)F)cc3)cc2C1=Cc1ccc(Br)cc1. The maximum Gasteiger partial charge on any atom is 0.416 e. The van der Waals surface area contributed by atoms with Gasteiger partial charge in [0.1, 0.15) is 0 Å². The Balaban J connectivity index is 1.65. The highest BCUT2D eigenvalue weighted by molar-refractivity contribution is 9.10. The van der Waals surface area contributed by atoms with Gasteiger partial charge in [0.05, 0.1) is 10.5 Å². The van der Waals surface area contributed by atoms with E-state index < -0.39 is 21.8 Å². The summed E-state index contributed by atoms with van der Waals surface area (Å²) in [6.07, 6.45) is -2.87. The summed E-state index contributed by atoms with van der Waals surface area (Å²) >= 11 is 3.34. The van der Waals surface area contributed by atoms with Gasteiger partial charge in [0.2, 0.25) is 0 Å². The number of halogens is 4. The van der Waals surface area contributed by atoms with Gasteiger partial charge < -0.3 is 5.32 Å². The Bertz CT molecular complexity index is 1330. The Morgan fingerprint density at radius 2 is 1.59 bits per heavy atom. The maximum absolute atomic E-state index is 12.8. The van der Waals surface area contributed by atoms with Crippen LogP contribution in [0.1, 0.15) is 16.7 Å². The van der Waals surface area contributed by atoms with Crippen molar-refractivity contribution in [1.82, 2.24) is 0 Å². The minimum atomic E-state index is -4.52. The van der Waals surface area contributed by atoms with Crippen LogP contribution in [0.25, 0.3) is 11.6 Å². The molecule has 0 saturated heterocycles. The van der Waals surface area contributed by atoms with Crippen molar-refractivity contribution < 1.29 is 26.4 Å². The number of anilines is 2. The molecule has 5 nitrogen and oxygen atoms in total. The first-order chi connectivity index (χ1) is 15.0. The van der Waals surface area contributed by atoms with E-state index in [9.17, 15) is 26.4 Å². The molecular weight excluding hydrogens is 509 g/mol. The Kier molecular flexibility index (Phi) is 5.59. The third-order valence-corrected chi connectivity index (χ3v) is 6.64. The number of sulfonamides is 1. The van der Waals surface area contributed by atoms with E-state index in [1.807, 2.05) is 12.1 Å². The Morgan fingerprint density at radius 1 is 0.938 bits per heavy atom. The number of fused-ring (bicyclic) bond motifs is 1. The van der Waals surface area contributed by atoms with Gasteiger partial charge in [0.25, 0.3) is 15.9 Å². The number of carbonyl (C=O) groups excluding carboxylic acids is 1. The molecule has 0 fully saturated rings. The van der Waals surface area contributed by atoms with Crippen LogP contribution in [0.4, 0.5) is 24.5 Å². The average Bonchev–Trinajstić information content (AvgIpc) is 3.03. The van der Waals surface area contributed by atoms with Crippen molar-refractivity contribution in [3.8, 4) is 0 Å². The molecule has 2 N–H and O–H groups in total. The van der Waals surface area contributed by atoms with Gasteiger partial charge in [-0.25, -0.2) is 8.42 Å². The van der Waals surface area contributed by atoms with E-state index in [2.05, 4.69) is 26.0 Å². The van der Waals surface area contributed by atoms with E-state index in [4.69, 9.17) is 0 Å². The molecule has 32 heavy (non-hydrogen) atoms. The van der Waals surface area contributed by atoms with Gasteiger partial charge >= 0.3 is 6.18 Å². The molecule has 164 valence electrons. The summed E-state index contributed by atoms with van der Waals surface area (Å²) in [6, 6.07) is 15.0. The van der Waals surface area contributed by atoms with Crippen LogP contribution in [0.15, 0.2) is 76.1 Å². The number of hydrogen-bond acceptors (Lipinski definition) is 3. The molecule has 0 atom stereocenters. The fraction of sp³-hybridized carbons (Fsp3) is 0.0455. The molecule has 0 aliphatic carbocycles. The largest absolute Gasteiger partial charge is 0.416 e. The fourth-order valence-corrected chi connectivity index (χ4v) is 4.49. The monoisotopic (exact) mass is 522 g/mol. The van der Waals surface area contributed by atoms with Crippen LogP contribution >= 0.6 is 15.9 Å². The zero-order valence-corrected chi connectivity index (χ0v) is 18.5. The van der Waals surface area contributed by atoms with E-state index in [0.29, 0.717) is 16.8 Å². The molecule has 3 aromatic rings. The minimum Gasteiger partial charge on any atom is -0.321 e. The normalized spacial score (nSPS) is 14.9. The van der Waals surface area contributed by atoms with E-state index in [-0.39, 0.29) is 16.5 Å². The summed E-state index contributed by atoms with van der Waals surface area (Å²) in [7, 11) is -4.11. The summed E-state index contributed by atoms with van der Waals surface area (Å²) in [6.45, 7) is 0. The first-order valence-electron chi connectivity index (χ1n) is 9.16. The summed E-state index contributed by atoms with van der Waals surface area (Å²) < 4.78 is 66.9. The molecule has 1 aliphatic heterocycles. The number of alkyl halides is 3. The van der Waals surface area contributed by atoms with Crippen molar-refractivity contribution in [2.75, 3.05) is 10.0 Å². The number of carbonyl (C=O) groups is 1. The standard InChI is InChI=1S/C22H14BrF3N2O3S/c23-15-5-1-13(2-6-15)11-19-18-12-17(9-10-20(18)27-21(19)29)32(30,31)28-16-7-3-14(4-8-16)22(24,25)26/h1-12,28H,(H,27,29). The molecule has 4 rings (SSSR count). The van der Waals surface area contributed by atoms with Gasteiger partial charge in [-0.15, -0.1) is 0 Å². The Hall–Kier alpha value is -3.11. The fourth-order valence-electron chi connectivity index (χ4n) is 3.14. The predicted octanol–water partition coefficient (Wildman–Crippen LogP) is 5.76. The van der Waals surface area contributed by atoms with Crippen LogP contribution in [0.3, 0.4) is 0 Å². The molecule has 0 saturated carbocycles. The number of nitrogens with one attached hydrogen (secondary N) is 2. The summed E-state index contributed by atoms with van der Waals surface area (Å²) in [4.78, 5) is 12.3. The molecule has 1 aliphatic rings. The number of benzene rings is 3. The lowest BCUT2D eigenvalue weighted by molar-refractivity contribution is -0.137. The van der Waals surface area contributed by atoms with Crippen molar-refractivity contribution in [2.24, 2.45) is 0 Å². The summed E-state index contributed by atoms with van der Waals surface area (Å²) in [5.74, 6) is -0.367. The first-order valence-corrected chi connectivity index (χ1v) is 11.4. The van der Waals surface area contributed by atoms with E-state index in [1.165, 1.54) is 18.2 Å². The van der Waals surface area contributed by atoms with Gasteiger partial charge in [-0.2, -0.15) is 13.2 Å². The second kappa shape index (κ2) is 8.10. The van der Waals surface area contributed by atoms with E-state index in [0.717, 1.165) is 34.3 Å². The molecule has 1 heterocycles. The van der Waals surface area contributed by atoms with Crippen LogP contribution in [0, 0.1) is 0 Å². The van der Waals surface area contributed by atoms with Crippen molar-refractivity contribution in [2.45, 2.75) is 11.1 Å². The highest BCUT2D eigenvalue weighted by atomic mass is 79.9. The van der Waals surface area contributed by atoms with E-state index >= 15 is 0 Å². The third-order valence-electron chi connectivity index (χ3n) is 4.73. The van der Waals surface area contributed by atoms with Crippen LogP contribution in [-0.2, 0) is 21.0 Å². The molecule has 10 heteroatoms. The number of hydrogen-bond donors (Lipinski definition) is 2. The van der Waals surface area contributed by atoms with Crippen molar-refractivity contribution >= 4 is 54.9 Å². The zero-order chi connectivity index (χ0) is 23.1. The van der Waals surface area contributed by atoms with Crippen LogP contribution < -0.4 is 10.0 Å². The smallest absolute Gasteiger partial charge is 0.321 e. The topological polar surface area (TPSA) is 75.3 Å². The molecule has 0 bridgehead atoms. The van der Waals surface area contributed by atoms with Gasteiger partial charge in [-0.1, -0.05) is 28.1 Å². The molecule has 0 unspecified atom stereocenters. The highest BCUT2D eigenvalue weighted by Crippen LogP contribution is 2.35. The summed E-state index contributed by atoms with van der Waals surface area (Å²) in [5.41, 5.74) is 1.03. The molecule has 0 aromatic heterocycles. The highest BCUT2D eigenvalue weighted by Gasteiger charge is 2.30. The lowest BCUT2D eigenvalue weighted by Gasteiger charge is -2.11. The molecule has 0 spiro atoms. The molecule has 0 radical (unpaired) electrons. The molecule has 3 aromatic carbocycles. The van der Waals surface area contributed by atoms with Gasteiger partial charge in [0.15, 0.2) is 0 Å². The van der Waals surface area contributed by atoms with Gasteiger partial charge in [-0.05, 0) is 66.2 Å². The van der Waals surface area contributed by atoms with Crippen molar-refractivity contribution in [3.05, 3.63) is 87.9 Å². The van der Waals surface area contributed by atoms with E-state index in [1.54, 1.807) is 18.2 Å². The van der Waals surface area contributed by atoms with Crippen LogP contribution in [0.2, 0.25) is 0 Å². The third kappa shape index (κ3) is 4.56. The first kappa shape index (κ1) is 22.1. The quantitative estimate of drug-likeness (QED) is 0.427. The second-order valence-electron chi connectivity index (χ2n) is 6.95. The van der Waals surface area contributed by atoms with Crippen molar-refractivity contribution in [1.29, 1.82) is 0 Å². The Morgan fingerprint density at radius 3 is 2.22 bits per heavy atom. The number of amides is 1. The maximum atomic E-state index is 12.8. The summed E-state index contributed by atoms with van der Waals surface area (Å²) in [5, 5.41) is 2.69. The lowest BCUT2D eigenvalue weighted by atomic mass is 10.0. The predicted molar refractivity (Wildman–Crippen MR) is 119 cm³/mol. The Labute approximate surface area is 190 Å². The molecular formula is C22H14BrF3N2O3S. The average molecular weight is 523 g/mol. The molecule has 1 amide bonds. The number of rotatable bonds is 4. The zero-order valence-electron chi connectivity index (χ0n) is 16.1.